The molecule has 2 saturated heterocycles. The number of hydrogen-bond acceptors (Lipinski definition) is 7. The molecule has 4 rings (SSSR count). The van der Waals surface area contributed by atoms with Crippen molar-refractivity contribution in [1.29, 1.82) is 0 Å². The number of rotatable bonds is 11. The zero-order valence-corrected chi connectivity index (χ0v) is 22.2. The monoisotopic (exact) mass is 514 g/mol. The lowest BCUT2D eigenvalue weighted by Gasteiger charge is -2.15. The van der Waals surface area contributed by atoms with Gasteiger partial charge in [0, 0.05) is 25.9 Å². The third kappa shape index (κ3) is 6.13. The van der Waals surface area contributed by atoms with Gasteiger partial charge in [-0.05, 0) is 43.9 Å². The summed E-state index contributed by atoms with van der Waals surface area (Å²) in [4.78, 5) is 33.6. The SMILES string of the molecule is CCCCCCCCN1C(=O)C(=Cc2c(NCC3CCCO3)nc3c(C)cccn3c2=O)SC1=S. The number of carbonyl (C=O) groups is 1. The summed E-state index contributed by atoms with van der Waals surface area (Å²) in [5, 5.41) is 3.32. The van der Waals surface area contributed by atoms with E-state index in [2.05, 4.69) is 12.2 Å². The van der Waals surface area contributed by atoms with Crippen molar-refractivity contribution in [2.75, 3.05) is 25.0 Å². The molecular weight excluding hydrogens is 480 g/mol. The fraction of sp³-hybridized carbons (Fsp3) is 0.538. The van der Waals surface area contributed by atoms with E-state index in [0.29, 0.717) is 39.3 Å². The summed E-state index contributed by atoms with van der Waals surface area (Å²) in [6.45, 7) is 6.07. The highest BCUT2D eigenvalue weighted by Crippen LogP contribution is 2.33. The predicted octanol–water partition coefficient (Wildman–Crippen LogP) is 5.16. The van der Waals surface area contributed by atoms with Crippen LogP contribution in [0.5, 0.6) is 0 Å². The van der Waals surface area contributed by atoms with Crippen LogP contribution in [0.25, 0.3) is 11.7 Å². The van der Waals surface area contributed by atoms with Gasteiger partial charge in [0.1, 0.15) is 15.8 Å². The molecule has 35 heavy (non-hydrogen) atoms. The van der Waals surface area contributed by atoms with E-state index in [1.165, 1.54) is 41.8 Å². The average molecular weight is 515 g/mol. The molecule has 0 aliphatic carbocycles. The summed E-state index contributed by atoms with van der Waals surface area (Å²) in [5.41, 5.74) is 1.66. The van der Waals surface area contributed by atoms with E-state index in [0.717, 1.165) is 37.9 Å². The molecule has 9 heteroatoms. The lowest BCUT2D eigenvalue weighted by Crippen LogP contribution is -2.29. The second-order valence-corrected chi connectivity index (χ2v) is 10.9. The molecule has 0 saturated carbocycles. The van der Waals surface area contributed by atoms with Gasteiger partial charge in [0.25, 0.3) is 11.5 Å². The highest BCUT2D eigenvalue weighted by atomic mass is 32.2. The molecule has 1 atom stereocenters. The number of thiocarbonyl (C=S) groups is 1. The molecule has 1 N–H and O–H groups in total. The first-order valence-corrected chi connectivity index (χ1v) is 13.8. The van der Waals surface area contributed by atoms with Gasteiger partial charge in [-0.25, -0.2) is 4.98 Å². The average Bonchev–Trinajstić information content (AvgIpc) is 3.46. The number of pyridine rings is 1. The van der Waals surface area contributed by atoms with Crippen molar-refractivity contribution in [3.05, 3.63) is 44.7 Å². The Morgan fingerprint density at radius 2 is 2.06 bits per heavy atom. The Morgan fingerprint density at radius 3 is 2.83 bits per heavy atom. The number of unbranched alkanes of at least 4 members (excludes halogenated alkanes) is 5. The van der Waals surface area contributed by atoms with Gasteiger partial charge in [0.2, 0.25) is 0 Å². The van der Waals surface area contributed by atoms with E-state index in [-0.39, 0.29) is 17.6 Å². The standard InChI is InChI=1S/C26H34N4O3S2/c1-3-4-5-6-7-8-13-30-25(32)21(35-26(30)34)16-20-22(27-17-19-12-10-15-33-19)28-23-18(2)11-9-14-29(23)24(20)31/h9,11,14,16,19,27H,3-8,10,12-13,15,17H2,1-2H3. The number of anilines is 1. The number of aryl methyl sites for hydroxylation is 1. The molecule has 0 aromatic carbocycles. The first-order chi connectivity index (χ1) is 17.0. The summed E-state index contributed by atoms with van der Waals surface area (Å²) in [7, 11) is 0. The van der Waals surface area contributed by atoms with Gasteiger partial charge < -0.3 is 10.1 Å². The van der Waals surface area contributed by atoms with Crippen molar-refractivity contribution in [3.63, 3.8) is 0 Å². The number of carbonyl (C=O) groups excluding carboxylic acids is 1. The minimum atomic E-state index is -0.213. The quantitative estimate of drug-likeness (QED) is 0.252. The van der Waals surface area contributed by atoms with Crippen molar-refractivity contribution in [1.82, 2.24) is 14.3 Å². The van der Waals surface area contributed by atoms with Crippen LogP contribution < -0.4 is 10.9 Å². The van der Waals surface area contributed by atoms with Gasteiger partial charge in [-0.2, -0.15) is 0 Å². The fourth-order valence-electron chi connectivity index (χ4n) is 4.47. The summed E-state index contributed by atoms with van der Waals surface area (Å²) in [5.74, 6) is 0.341. The number of ether oxygens (including phenoxy) is 1. The predicted molar refractivity (Wildman–Crippen MR) is 147 cm³/mol. The molecule has 2 aromatic rings. The molecule has 2 aliphatic rings. The fourth-order valence-corrected chi connectivity index (χ4v) is 5.76. The molecule has 0 bridgehead atoms. The molecular formula is C26H34N4O3S2. The summed E-state index contributed by atoms with van der Waals surface area (Å²) < 4.78 is 7.82. The van der Waals surface area contributed by atoms with Gasteiger partial charge in [0.15, 0.2) is 0 Å². The number of hydrogen-bond donors (Lipinski definition) is 1. The van der Waals surface area contributed by atoms with Crippen LogP contribution >= 0.6 is 24.0 Å². The molecule has 0 radical (unpaired) electrons. The zero-order chi connectivity index (χ0) is 24.8. The van der Waals surface area contributed by atoms with E-state index < -0.39 is 0 Å². The van der Waals surface area contributed by atoms with Crippen molar-refractivity contribution < 1.29 is 9.53 Å². The molecule has 1 unspecified atom stereocenters. The van der Waals surface area contributed by atoms with Crippen molar-refractivity contribution in [2.24, 2.45) is 0 Å². The normalized spacial score (nSPS) is 19.4. The molecule has 4 heterocycles. The molecule has 0 spiro atoms. The molecule has 7 nitrogen and oxygen atoms in total. The summed E-state index contributed by atoms with van der Waals surface area (Å²) in [6, 6.07) is 3.76. The lowest BCUT2D eigenvalue weighted by molar-refractivity contribution is -0.122. The largest absolute Gasteiger partial charge is 0.376 e. The number of nitrogens with zero attached hydrogens (tertiary/aromatic N) is 3. The zero-order valence-electron chi connectivity index (χ0n) is 20.5. The minimum absolute atomic E-state index is 0.0931. The first kappa shape index (κ1) is 25.9. The van der Waals surface area contributed by atoms with E-state index in [1.54, 1.807) is 17.2 Å². The number of aromatic nitrogens is 2. The van der Waals surface area contributed by atoms with E-state index in [1.807, 2.05) is 19.1 Å². The number of nitrogens with one attached hydrogen (secondary N) is 1. The Hall–Kier alpha value is -2.23. The maximum Gasteiger partial charge on any atom is 0.267 e. The minimum Gasteiger partial charge on any atom is -0.376 e. The van der Waals surface area contributed by atoms with E-state index >= 15 is 0 Å². The Balaban J connectivity index is 1.57. The first-order valence-electron chi connectivity index (χ1n) is 12.6. The molecule has 2 aliphatic heterocycles. The Morgan fingerprint density at radius 1 is 1.26 bits per heavy atom. The van der Waals surface area contributed by atoms with Crippen LogP contribution in [0.1, 0.15) is 69.4 Å². The van der Waals surface area contributed by atoms with Crippen LogP contribution in [-0.2, 0) is 9.53 Å². The van der Waals surface area contributed by atoms with Crippen molar-refractivity contribution >= 4 is 51.7 Å². The summed E-state index contributed by atoms with van der Waals surface area (Å²) >= 11 is 6.77. The van der Waals surface area contributed by atoms with Gasteiger partial charge in [0.05, 0.1) is 16.6 Å². The third-order valence-electron chi connectivity index (χ3n) is 6.49. The van der Waals surface area contributed by atoms with Crippen LogP contribution in [0.15, 0.2) is 28.0 Å². The number of amides is 1. The van der Waals surface area contributed by atoms with Crippen LogP contribution in [0, 0.1) is 6.92 Å². The maximum absolute atomic E-state index is 13.5. The Kier molecular flexibility index (Phi) is 8.97. The molecule has 2 fully saturated rings. The second-order valence-electron chi connectivity index (χ2n) is 9.18. The maximum atomic E-state index is 13.5. The Labute approximate surface area is 216 Å². The highest BCUT2D eigenvalue weighted by Gasteiger charge is 2.32. The van der Waals surface area contributed by atoms with Crippen LogP contribution in [0.3, 0.4) is 0 Å². The second kappa shape index (κ2) is 12.1. The number of fused-ring (bicyclic) bond motifs is 1. The number of thioether (sulfide) groups is 1. The van der Waals surface area contributed by atoms with Gasteiger partial charge in [-0.3, -0.25) is 18.9 Å². The third-order valence-corrected chi connectivity index (χ3v) is 7.87. The smallest absolute Gasteiger partial charge is 0.267 e. The van der Waals surface area contributed by atoms with Gasteiger partial charge in [-0.15, -0.1) is 0 Å². The van der Waals surface area contributed by atoms with E-state index in [9.17, 15) is 9.59 Å². The van der Waals surface area contributed by atoms with Crippen LogP contribution in [-0.4, -0.2) is 50.3 Å². The van der Waals surface area contributed by atoms with Crippen molar-refractivity contribution in [2.45, 2.75) is 71.3 Å². The lowest BCUT2D eigenvalue weighted by atomic mass is 10.1. The summed E-state index contributed by atoms with van der Waals surface area (Å²) in [6.07, 6.45) is 12.4. The molecule has 188 valence electrons. The van der Waals surface area contributed by atoms with Crippen LogP contribution in [0.2, 0.25) is 0 Å². The topological polar surface area (TPSA) is 75.9 Å². The Bertz CT molecular complexity index is 1170. The van der Waals surface area contributed by atoms with Gasteiger partial charge >= 0.3 is 0 Å². The van der Waals surface area contributed by atoms with E-state index in [4.69, 9.17) is 21.9 Å². The molecule has 1 amide bonds. The highest BCUT2D eigenvalue weighted by molar-refractivity contribution is 8.26. The van der Waals surface area contributed by atoms with Gasteiger partial charge in [-0.1, -0.05) is 69.1 Å². The van der Waals surface area contributed by atoms with Crippen molar-refractivity contribution in [3.8, 4) is 0 Å². The van der Waals surface area contributed by atoms with Crippen LogP contribution in [0.4, 0.5) is 5.82 Å². The molecule has 2 aromatic heterocycles.